The number of carbonyl (C=O) groups excluding carboxylic acids is 1. The van der Waals surface area contributed by atoms with Crippen LogP contribution in [0.5, 0.6) is 0 Å². The number of nitrogens with two attached hydrogens (primary N) is 1. The highest BCUT2D eigenvalue weighted by Gasteiger charge is 2.66. The van der Waals surface area contributed by atoms with Crippen molar-refractivity contribution in [3.8, 4) is 0 Å². The summed E-state index contributed by atoms with van der Waals surface area (Å²) in [6.07, 6.45) is 0.527. The SMILES string of the molecule is CC1(C(=O)CN)CC1(Cl)Cl. The van der Waals surface area contributed by atoms with Gasteiger partial charge >= 0.3 is 0 Å². The van der Waals surface area contributed by atoms with E-state index in [1.165, 1.54) is 0 Å². The molecule has 0 aromatic rings. The minimum Gasteiger partial charge on any atom is -0.324 e. The molecule has 1 fully saturated rings. The third-order valence-corrected chi connectivity index (χ3v) is 3.16. The van der Waals surface area contributed by atoms with Crippen LogP contribution in [0.2, 0.25) is 0 Å². The highest BCUT2D eigenvalue weighted by molar-refractivity contribution is 6.53. The first-order valence-electron chi connectivity index (χ1n) is 3.05. The van der Waals surface area contributed by atoms with E-state index in [0.717, 1.165) is 0 Å². The van der Waals surface area contributed by atoms with Crippen molar-refractivity contribution in [3.05, 3.63) is 0 Å². The summed E-state index contributed by atoms with van der Waals surface area (Å²) in [5.74, 6) is -0.0579. The number of Topliss-reactive ketones (excluding diaryl/α,β-unsaturated/α-hetero) is 1. The van der Waals surface area contributed by atoms with E-state index in [-0.39, 0.29) is 12.3 Å². The molecule has 2 nitrogen and oxygen atoms in total. The smallest absolute Gasteiger partial charge is 0.155 e. The van der Waals surface area contributed by atoms with Crippen molar-refractivity contribution >= 4 is 29.0 Å². The van der Waals surface area contributed by atoms with Crippen LogP contribution in [0.25, 0.3) is 0 Å². The monoisotopic (exact) mass is 181 g/mol. The fraction of sp³-hybridized carbons (Fsp3) is 0.833. The first-order valence-corrected chi connectivity index (χ1v) is 3.81. The molecule has 0 bridgehead atoms. The predicted octanol–water partition coefficient (Wildman–Crippen LogP) is 1.10. The van der Waals surface area contributed by atoms with Gasteiger partial charge in [-0.2, -0.15) is 0 Å². The fourth-order valence-electron chi connectivity index (χ4n) is 0.928. The summed E-state index contributed by atoms with van der Waals surface area (Å²) < 4.78 is -0.858. The van der Waals surface area contributed by atoms with Crippen LogP contribution in [0.1, 0.15) is 13.3 Å². The molecule has 1 rings (SSSR count). The Bertz CT molecular complexity index is 181. The molecule has 1 aliphatic carbocycles. The minimum absolute atomic E-state index is 0.0255. The second kappa shape index (κ2) is 2.10. The number of alkyl halides is 2. The highest BCUT2D eigenvalue weighted by atomic mass is 35.5. The van der Waals surface area contributed by atoms with Crippen molar-refractivity contribution < 1.29 is 4.79 Å². The summed E-state index contributed by atoms with van der Waals surface area (Å²) in [7, 11) is 0. The second-order valence-electron chi connectivity index (χ2n) is 2.84. The molecule has 1 unspecified atom stereocenters. The normalized spacial score (nSPS) is 35.6. The number of hydrogen-bond donors (Lipinski definition) is 1. The molecular weight excluding hydrogens is 173 g/mol. The van der Waals surface area contributed by atoms with Gasteiger partial charge in [0.2, 0.25) is 0 Å². The fourth-order valence-corrected chi connectivity index (χ4v) is 1.67. The van der Waals surface area contributed by atoms with Crippen LogP contribution < -0.4 is 5.73 Å². The third kappa shape index (κ3) is 0.949. The quantitative estimate of drug-likeness (QED) is 0.649. The van der Waals surface area contributed by atoms with Gasteiger partial charge in [-0.3, -0.25) is 4.79 Å². The molecule has 1 atom stereocenters. The molecule has 1 saturated carbocycles. The lowest BCUT2D eigenvalue weighted by molar-refractivity contribution is -0.122. The van der Waals surface area contributed by atoms with Crippen molar-refractivity contribution in [1.29, 1.82) is 0 Å². The Morgan fingerprint density at radius 3 is 2.20 bits per heavy atom. The van der Waals surface area contributed by atoms with Crippen LogP contribution in [0.3, 0.4) is 0 Å². The van der Waals surface area contributed by atoms with Crippen molar-refractivity contribution in [3.63, 3.8) is 0 Å². The Labute approximate surface area is 69.7 Å². The van der Waals surface area contributed by atoms with E-state index in [1.807, 2.05) is 0 Å². The maximum atomic E-state index is 11.0. The summed E-state index contributed by atoms with van der Waals surface area (Å²) in [5, 5.41) is 0. The van der Waals surface area contributed by atoms with Crippen LogP contribution in [0.15, 0.2) is 0 Å². The topological polar surface area (TPSA) is 43.1 Å². The van der Waals surface area contributed by atoms with Crippen molar-refractivity contribution in [2.45, 2.75) is 17.7 Å². The zero-order valence-corrected chi connectivity index (χ0v) is 7.17. The van der Waals surface area contributed by atoms with E-state index >= 15 is 0 Å². The van der Waals surface area contributed by atoms with Gasteiger partial charge in [0, 0.05) is 0 Å². The molecule has 0 spiro atoms. The van der Waals surface area contributed by atoms with Crippen LogP contribution in [0.4, 0.5) is 0 Å². The molecule has 4 heteroatoms. The van der Waals surface area contributed by atoms with E-state index in [2.05, 4.69) is 0 Å². The highest BCUT2D eigenvalue weighted by Crippen LogP contribution is 2.63. The lowest BCUT2D eigenvalue weighted by Crippen LogP contribution is -2.26. The molecule has 0 heterocycles. The van der Waals surface area contributed by atoms with Gasteiger partial charge in [0.15, 0.2) is 5.78 Å². The van der Waals surface area contributed by atoms with Crippen molar-refractivity contribution in [2.75, 3.05) is 6.54 Å². The van der Waals surface area contributed by atoms with Gasteiger partial charge in [-0.05, 0) is 13.3 Å². The Kier molecular flexibility index (Phi) is 1.74. The third-order valence-electron chi connectivity index (χ3n) is 2.06. The predicted molar refractivity (Wildman–Crippen MR) is 41.2 cm³/mol. The number of hydrogen-bond acceptors (Lipinski definition) is 2. The number of carbonyl (C=O) groups is 1. The molecule has 0 aliphatic heterocycles. The molecule has 10 heavy (non-hydrogen) atoms. The maximum absolute atomic E-state index is 11.0. The number of halogens is 2. The summed E-state index contributed by atoms with van der Waals surface area (Å²) in [6, 6.07) is 0. The Hall–Kier alpha value is 0.210. The maximum Gasteiger partial charge on any atom is 0.155 e. The van der Waals surface area contributed by atoms with Crippen LogP contribution in [0, 0.1) is 5.41 Å². The Morgan fingerprint density at radius 1 is 1.70 bits per heavy atom. The zero-order chi connectivity index (χ0) is 7.99. The van der Waals surface area contributed by atoms with E-state index in [4.69, 9.17) is 28.9 Å². The summed E-state index contributed by atoms with van der Waals surface area (Å²) in [5.41, 5.74) is 4.57. The first-order chi connectivity index (χ1) is 4.44. The first kappa shape index (κ1) is 8.31. The van der Waals surface area contributed by atoms with Gasteiger partial charge in [0.05, 0.1) is 12.0 Å². The van der Waals surface area contributed by atoms with Crippen LogP contribution in [-0.2, 0) is 4.79 Å². The number of ketones is 1. The van der Waals surface area contributed by atoms with E-state index in [1.54, 1.807) is 6.92 Å². The van der Waals surface area contributed by atoms with Crippen molar-refractivity contribution in [2.24, 2.45) is 11.1 Å². The van der Waals surface area contributed by atoms with Crippen molar-refractivity contribution in [1.82, 2.24) is 0 Å². The van der Waals surface area contributed by atoms with Crippen LogP contribution >= 0.6 is 23.2 Å². The molecule has 0 aromatic carbocycles. The average Bonchev–Trinajstić information content (AvgIpc) is 2.32. The molecule has 0 amide bonds. The number of rotatable bonds is 2. The lowest BCUT2D eigenvalue weighted by Gasteiger charge is -2.07. The largest absolute Gasteiger partial charge is 0.324 e. The van der Waals surface area contributed by atoms with Gasteiger partial charge in [0.25, 0.3) is 0 Å². The summed E-state index contributed by atoms with van der Waals surface area (Å²) in [4.78, 5) is 11.0. The van der Waals surface area contributed by atoms with Gasteiger partial charge in [-0.25, -0.2) is 0 Å². The Balaban J connectivity index is 2.68. The van der Waals surface area contributed by atoms with E-state index in [0.29, 0.717) is 6.42 Å². The van der Waals surface area contributed by atoms with Crippen LogP contribution in [-0.4, -0.2) is 16.7 Å². The molecule has 0 aromatic heterocycles. The molecular formula is C6H9Cl2NO. The van der Waals surface area contributed by atoms with Gasteiger partial charge < -0.3 is 5.73 Å². The van der Waals surface area contributed by atoms with Gasteiger partial charge in [-0.1, -0.05) is 0 Å². The van der Waals surface area contributed by atoms with E-state index in [9.17, 15) is 4.79 Å². The second-order valence-corrected chi connectivity index (χ2v) is 4.32. The minimum atomic E-state index is -0.858. The molecule has 58 valence electrons. The molecule has 2 N–H and O–H groups in total. The molecule has 1 aliphatic rings. The van der Waals surface area contributed by atoms with Gasteiger partial charge in [-0.15, -0.1) is 23.2 Å². The lowest BCUT2D eigenvalue weighted by atomic mass is 10.0. The average molecular weight is 182 g/mol. The Morgan fingerprint density at radius 2 is 2.10 bits per heavy atom. The summed E-state index contributed by atoms with van der Waals surface area (Å²) in [6.45, 7) is 1.76. The molecule has 0 saturated heterocycles. The van der Waals surface area contributed by atoms with E-state index < -0.39 is 9.75 Å². The van der Waals surface area contributed by atoms with Gasteiger partial charge in [0.1, 0.15) is 4.33 Å². The zero-order valence-electron chi connectivity index (χ0n) is 5.66. The molecule has 0 radical (unpaired) electrons. The standard InChI is InChI=1S/C6H9Cl2NO/c1-5(4(10)2-9)3-6(5,7)8/h2-3,9H2,1H3. The summed E-state index contributed by atoms with van der Waals surface area (Å²) >= 11 is 11.4.